The number of carbonyl (C=O) groups is 1. The molecule has 4 heteroatoms. The van der Waals surface area contributed by atoms with Crippen molar-refractivity contribution >= 4 is 17.1 Å². The van der Waals surface area contributed by atoms with Crippen LogP contribution in [0.4, 0.5) is 0 Å². The molecule has 0 aliphatic rings. The highest BCUT2D eigenvalue weighted by Crippen LogP contribution is 2.11. The quantitative estimate of drug-likeness (QED) is 0.608. The van der Waals surface area contributed by atoms with E-state index in [0.717, 1.165) is 5.52 Å². The Hall–Kier alpha value is -1.71. The fraction of sp³-hybridized carbons (Fsp3) is 0.222. The van der Waals surface area contributed by atoms with Crippen molar-refractivity contribution in [2.75, 3.05) is 0 Å². The largest absolute Gasteiger partial charge is 0.274 e. The average molecular weight is 175 g/mol. The van der Waals surface area contributed by atoms with Crippen LogP contribution in [0, 0.1) is 6.92 Å². The van der Waals surface area contributed by atoms with Crippen molar-refractivity contribution in [3.8, 4) is 0 Å². The summed E-state index contributed by atoms with van der Waals surface area (Å²) in [5, 5.41) is 0. The molecule has 0 bridgehead atoms. The van der Waals surface area contributed by atoms with E-state index in [9.17, 15) is 4.79 Å². The number of hydrogen-bond acceptors (Lipinski definition) is 3. The zero-order chi connectivity index (χ0) is 9.42. The van der Waals surface area contributed by atoms with E-state index in [1.165, 1.54) is 11.5 Å². The Bertz CT molecular complexity index is 473. The van der Waals surface area contributed by atoms with Crippen LogP contribution in [0.5, 0.6) is 0 Å². The molecule has 13 heavy (non-hydrogen) atoms. The van der Waals surface area contributed by atoms with E-state index in [2.05, 4.69) is 9.97 Å². The van der Waals surface area contributed by atoms with Gasteiger partial charge in [0.05, 0.1) is 0 Å². The van der Waals surface area contributed by atoms with Gasteiger partial charge in [-0.25, -0.2) is 9.97 Å². The lowest BCUT2D eigenvalue weighted by Crippen LogP contribution is -2.07. The Morgan fingerprint density at radius 3 is 3.00 bits per heavy atom. The van der Waals surface area contributed by atoms with Crippen LogP contribution in [0.3, 0.4) is 0 Å². The number of rotatable bonds is 0. The van der Waals surface area contributed by atoms with E-state index in [4.69, 9.17) is 0 Å². The number of nitrogens with zero attached hydrogens (tertiary/aromatic N) is 3. The SMILES string of the molecule is CC(=O)n1c(C)nc2cccnc21. The van der Waals surface area contributed by atoms with Gasteiger partial charge in [0.2, 0.25) is 5.91 Å². The van der Waals surface area contributed by atoms with E-state index in [1.54, 1.807) is 19.2 Å². The van der Waals surface area contributed by atoms with Gasteiger partial charge < -0.3 is 0 Å². The molecule has 0 saturated carbocycles. The average Bonchev–Trinajstić information content (AvgIpc) is 2.39. The van der Waals surface area contributed by atoms with Gasteiger partial charge >= 0.3 is 0 Å². The van der Waals surface area contributed by atoms with Crippen molar-refractivity contribution < 1.29 is 4.79 Å². The number of fused-ring (bicyclic) bond motifs is 1. The maximum Gasteiger partial charge on any atom is 0.230 e. The monoisotopic (exact) mass is 175 g/mol. The first-order chi connectivity index (χ1) is 6.20. The minimum absolute atomic E-state index is 0.0568. The van der Waals surface area contributed by atoms with E-state index in [-0.39, 0.29) is 5.91 Å². The van der Waals surface area contributed by atoms with Gasteiger partial charge in [-0.15, -0.1) is 0 Å². The smallest absolute Gasteiger partial charge is 0.230 e. The molecule has 0 radical (unpaired) electrons. The summed E-state index contributed by atoms with van der Waals surface area (Å²) in [5.41, 5.74) is 1.39. The molecule has 0 atom stereocenters. The lowest BCUT2D eigenvalue weighted by Gasteiger charge is -1.97. The topological polar surface area (TPSA) is 47.8 Å². The van der Waals surface area contributed by atoms with E-state index < -0.39 is 0 Å². The molecule has 0 aliphatic carbocycles. The molecule has 0 aliphatic heterocycles. The van der Waals surface area contributed by atoms with E-state index in [0.29, 0.717) is 11.5 Å². The van der Waals surface area contributed by atoms with Crippen LogP contribution < -0.4 is 0 Å². The standard InChI is InChI=1S/C9H9N3O/c1-6-11-8-4-3-5-10-9(8)12(6)7(2)13/h3-5H,1-2H3. The number of imidazole rings is 1. The molecule has 66 valence electrons. The Labute approximate surface area is 75.2 Å². The normalized spacial score (nSPS) is 10.6. The van der Waals surface area contributed by atoms with Crippen LogP contribution in [0.15, 0.2) is 18.3 Å². The first-order valence-electron chi connectivity index (χ1n) is 4.01. The maximum atomic E-state index is 11.2. The zero-order valence-corrected chi connectivity index (χ0v) is 7.48. The fourth-order valence-electron chi connectivity index (χ4n) is 1.40. The summed E-state index contributed by atoms with van der Waals surface area (Å²) in [6, 6.07) is 3.65. The molecular weight excluding hydrogens is 166 g/mol. The maximum absolute atomic E-state index is 11.2. The Kier molecular flexibility index (Phi) is 1.62. The van der Waals surface area contributed by atoms with Crippen LogP contribution >= 0.6 is 0 Å². The van der Waals surface area contributed by atoms with Crippen LogP contribution in [0.25, 0.3) is 11.2 Å². The molecule has 2 aromatic heterocycles. The van der Waals surface area contributed by atoms with Gasteiger partial charge in [-0.2, -0.15) is 0 Å². The van der Waals surface area contributed by atoms with Crippen molar-refractivity contribution in [1.29, 1.82) is 0 Å². The summed E-state index contributed by atoms with van der Waals surface area (Å²) in [6.07, 6.45) is 1.66. The van der Waals surface area contributed by atoms with Gasteiger partial charge in [-0.05, 0) is 19.1 Å². The molecule has 4 nitrogen and oxygen atoms in total. The predicted molar refractivity (Wildman–Crippen MR) is 48.6 cm³/mol. The molecule has 2 aromatic rings. The van der Waals surface area contributed by atoms with Crippen LogP contribution in [-0.2, 0) is 0 Å². The second kappa shape index (κ2) is 2.65. The lowest BCUT2D eigenvalue weighted by molar-refractivity contribution is 0.0938. The van der Waals surface area contributed by atoms with Gasteiger partial charge in [0.1, 0.15) is 11.3 Å². The first kappa shape index (κ1) is 7.91. The van der Waals surface area contributed by atoms with Gasteiger partial charge in [-0.1, -0.05) is 0 Å². The Morgan fingerprint density at radius 2 is 2.31 bits per heavy atom. The number of aryl methyl sites for hydroxylation is 1. The minimum atomic E-state index is -0.0568. The second-order valence-electron chi connectivity index (χ2n) is 2.86. The molecule has 0 fully saturated rings. The third-order valence-electron chi connectivity index (χ3n) is 1.90. The first-order valence-corrected chi connectivity index (χ1v) is 4.01. The molecule has 0 unspecified atom stereocenters. The van der Waals surface area contributed by atoms with Crippen LogP contribution in [-0.4, -0.2) is 20.4 Å². The van der Waals surface area contributed by atoms with Crippen molar-refractivity contribution in [1.82, 2.24) is 14.5 Å². The van der Waals surface area contributed by atoms with Crippen molar-refractivity contribution in [2.45, 2.75) is 13.8 Å². The van der Waals surface area contributed by atoms with E-state index >= 15 is 0 Å². The second-order valence-corrected chi connectivity index (χ2v) is 2.86. The molecule has 0 aromatic carbocycles. The minimum Gasteiger partial charge on any atom is -0.274 e. The molecule has 0 amide bonds. The summed E-state index contributed by atoms with van der Waals surface area (Å²) >= 11 is 0. The predicted octanol–water partition coefficient (Wildman–Crippen LogP) is 1.40. The summed E-state index contributed by atoms with van der Waals surface area (Å²) in [5.74, 6) is 0.625. The van der Waals surface area contributed by atoms with Crippen molar-refractivity contribution in [2.24, 2.45) is 0 Å². The van der Waals surface area contributed by atoms with Gasteiger partial charge in [0, 0.05) is 13.1 Å². The summed E-state index contributed by atoms with van der Waals surface area (Å²) in [4.78, 5) is 19.5. The molecular formula is C9H9N3O. The molecule has 0 spiro atoms. The number of hydrogen-bond donors (Lipinski definition) is 0. The van der Waals surface area contributed by atoms with Crippen molar-refractivity contribution in [3.63, 3.8) is 0 Å². The highest BCUT2D eigenvalue weighted by Gasteiger charge is 2.10. The van der Waals surface area contributed by atoms with Crippen LogP contribution in [0.1, 0.15) is 17.5 Å². The summed E-state index contributed by atoms with van der Waals surface area (Å²) < 4.78 is 1.51. The molecule has 2 heterocycles. The third-order valence-corrected chi connectivity index (χ3v) is 1.90. The molecule has 0 N–H and O–H groups in total. The fourth-order valence-corrected chi connectivity index (χ4v) is 1.40. The number of aromatic nitrogens is 3. The Morgan fingerprint density at radius 1 is 1.54 bits per heavy atom. The van der Waals surface area contributed by atoms with Crippen molar-refractivity contribution in [3.05, 3.63) is 24.2 Å². The van der Waals surface area contributed by atoms with Gasteiger partial charge in [0.15, 0.2) is 5.65 Å². The molecule has 0 saturated heterocycles. The van der Waals surface area contributed by atoms with Crippen LogP contribution in [0.2, 0.25) is 0 Å². The highest BCUT2D eigenvalue weighted by molar-refractivity contribution is 5.87. The molecule has 2 rings (SSSR count). The highest BCUT2D eigenvalue weighted by atomic mass is 16.1. The summed E-state index contributed by atoms with van der Waals surface area (Å²) in [7, 11) is 0. The van der Waals surface area contributed by atoms with Gasteiger partial charge in [0.25, 0.3) is 0 Å². The zero-order valence-electron chi connectivity index (χ0n) is 7.48. The van der Waals surface area contributed by atoms with E-state index in [1.807, 2.05) is 6.07 Å². The number of pyridine rings is 1. The summed E-state index contributed by atoms with van der Waals surface area (Å²) in [6.45, 7) is 3.30. The van der Waals surface area contributed by atoms with Gasteiger partial charge in [-0.3, -0.25) is 9.36 Å². The third kappa shape index (κ3) is 1.11. The lowest BCUT2D eigenvalue weighted by atomic mass is 10.4. The number of carbonyl (C=O) groups excluding carboxylic acids is 1. The Balaban J connectivity index is 2.86.